The highest BCUT2D eigenvalue weighted by Gasteiger charge is 2.35. The topological polar surface area (TPSA) is 69.7 Å². The summed E-state index contributed by atoms with van der Waals surface area (Å²) in [5.74, 6) is -0.190. The molecule has 7 heteroatoms. The zero-order chi connectivity index (χ0) is 13.3. The monoisotopic (exact) mass is 275 g/mol. The highest BCUT2D eigenvalue weighted by Crippen LogP contribution is 2.23. The summed E-state index contributed by atoms with van der Waals surface area (Å²) in [7, 11) is -0.358. The number of carbonyl (C=O) groups is 1. The van der Waals surface area contributed by atoms with E-state index in [1.54, 1.807) is 0 Å². The second kappa shape index (κ2) is 5.14. The van der Waals surface area contributed by atoms with Gasteiger partial charge in [-0.1, -0.05) is 0 Å². The van der Waals surface area contributed by atoms with Crippen molar-refractivity contribution in [3.8, 4) is 0 Å². The Labute approximate surface area is 109 Å². The van der Waals surface area contributed by atoms with Crippen LogP contribution in [0.4, 0.5) is 0 Å². The van der Waals surface area contributed by atoms with Gasteiger partial charge in [-0.25, -0.2) is 0 Å². The Morgan fingerprint density at radius 2 is 1.94 bits per heavy atom. The van der Waals surface area contributed by atoms with Crippen molar-refractivity contribution in [3.05, 3.63) is 0 Å². The first-order valence-corrected chi connectivity index (χ1v) is 7.79. The molecule has 2 aliphatic rings. The van der Waals surface area contributed by atoms with Gasteiger partial charge in [0.1, 0.15) is 0 Å². The summed E-state index contributed by atoms with van der Waals surface area (Å²) in [5, 5.41) is 2.95. The van der Waals surface area contributed by atoms with E-state index in [-0.39, 0.29) is 11.8 Å². The second-order valence-corrected chi connectivity index (χ2v) is 7.41. The Morgan fingerprint density at radius 3 is 2.50 bits per heavy atom. The Hall–Kier alpha value is -0.660. The standard InChI is InChI=1S/C11H21N3O3S/c1-13(2)18(16,17)14-7-3-4-9(8-14)11(15)12-10-5-6-10/h9-10H,3-8H2,1-2H3,(H,12,15)/t9-/m1/s1. The first kappa shape index (κ1) is 13.8. The minimum atomic E-state index is -3.39. The summed E-state index contributed by atoms with van der Waals surface area (Å²) in [5.41, 5.74) is 0. The maximum atomic E-state index is 12.0. The zero-order valence-electron chi connectivity index (χ0n) is 10.9. The summed E-state index contributed by atoms with van der Waals surface area (Å²) in [4.78, 5) is 11.9. The fourth-order valence-electron chi connectivity index (χ4n) is 2.14. The lowest BCUT2D eigenvalue weighted by atomic mass is 9.99. The fourth-order valence-corrected chi connectivity index (χ4v) is 3.33. The van der Waals surface area contributed by atoms with Gasteiger partial charge in [-0.2, -0.15) is 17.0 Å². The Kier molecular flexibility index (Phi) is 3.93. The lowest BCUT2D eigenvalue weighted by molar-refractivity contribution is -0.126. The van der Waals surface area contributed by atoms with E-state index in [0.717, 1.165) is 25.7 Å². The number of carbonyl (C=O) groups excluding carboxylic acids is 1. The highest BCUT2D eigenvalue weighted by atomic mass is 32.2. The second-order valence-electron chi connectivity index (χ2n) is 5.27. The first-order chi connectivity index (χ1) is 8.41. The molecule has 2 rings (SSSR count). The molecule has 1 saturated carbocycles. The van der Waals surface area contributed by atoms with Gasteiger partial charge in [0.15, 0.2) is 0 Å². The largest absolute Gasteiger partial charge is 0.353 e. The van der Waals surface area contributed by atoms with Crippen molar-refractivity contribution in [1.29, 1.82) is 0 Å². The predicted octanol–water partition coefficient (Wildman–Crippen LogP) is -0.217. The number of hydrogen-bond acceptors (Lipinski definition) is 3. The third-order valence-electron chi connectivity index (χ3n) is 3.47. The van der Waals surface area contributed by atoms with Crippen molar-refractivity contribution in [2.75, 3.05) is 27.2 Å². The van der Waals surface area contributed by atoms with E-state index in [1.165, 1.54) is 22.7 Å². The number of nitrogens with zero attached hydrogens (tertiary/aromatic N) is 2. The molecule has 0 unspecified atom stereocenters. The van der Waals surface area contributed by atoms with Crippen molar-refractivity contribution in [2.24, 2.45) is 5.92 Å². The lowest BCUT2D eigenvalue weighted by Gasteiger charge is -2.32. The number of nitrogens with one attached hydrogen (secondary N) is 1. The quantitative estimate of drug-likeness (QED) is 0.771. The molecule has 1 saturated heterocycles. The molecular weight excluding hydrogens is 254 g/mol. The summed E-state index contributed by atoms with van der Waals surface area (Å²) < 4.78 is 26.6. The molecule has 1 atom stereocenters. The zero-order valence-corrected chi connectivity index (χ0v) is 11.7. The van der Waals surface area contributed by atoms with Crippen LogP contribution in [0.2, 0.25) is 0 Å². The van der Waals surface area contributed by atoms with E-state index in [0.29, 0.717) is 19.1 Å². The van der Waals surface area contributed by atoms with Crippen molar-refractivity contribution in [3.63, 3.8) is 0 Å². The van der Waals surface area contributed by atoms with Gasteiger partial charge in [-0.15, -0.1) is 0 Å². The normalized spacial score (nSPS) is 26.3. The van der Waals surface area contributed by atoms with Crippen molar-refractivity contribution in [2.45, 2.75) is 31.7 Å². The van der Waals surface area contributed by atoms with Gasteiger partial charge in [0, 0.05) is 33.2 Å². The Balaban J connectivity index is 1.97. The maximum Gasteiger partial charge on any atom is 0.281 e. The third-order valence-corrected chi connectivity index (χ3v) is 5.37. The van der Waals surface area contributed by atoms with Gasteiger partial charge < -0.3 is 5.32 Å². The van der Waals surface area contributed by atoms with Crippen LogP contribution in [0.15, 0.2) is 0 Å². The smallest absolute Gasteiger partial charge is 0.281 e. The van der Waals surface area contributed by atoms with Crippen LogP contribution in [0, 0.1) is 5.92 Å². The number of rotatable bonds is 4. The summed E-state index contributed by atoms with van der Waals surface area (Å²) in [6.45, 7) is 0.812. The van der Waals surface area contributed by atoms with Crippen LogP contribution in [-0.4, -0.2) is 56.2 Å². The van der Waals surface area contributed by atoms with Crippen LogP contribution < -0.4 is 5.32 Å². The molecule has 104 valence electrons. The summed E-state index contributed by atoms with van der Waals surface area (Å²) >= 11 is 0. The van der Waals surface area contributed by atoms with Crippen LogP contribution in [0.25, 0.3) is 0 Å². The highest BCUT2D eigenvalue weighted by molar-refractivity contribution is 7.86. The molecule has 0 aromatic carbocycles. The minimum absolute atomic E-state index is 0.0103. The average Bonchev–Trinajstić information content (AvgIpc) is 3.13. The van der Waals surface area contributed by atoms with Gasteiger partial charge in [-0.3, -0.25) is 4.79 Å². The van der Waals surface area contributed by atoms with Gasteiger partial charge in [0.25, 0.3) is 10.2 Å². The van der Waals surface area contributed by atoms with E-state index in [9.17, 15) is 13.2 Å². The van der Waals surface area contributed by atoms with E-state index in [1.807, 2.05) is 0 Å². The molecule has 0 radical (unpaired) electrons. The van der Waals surface area contributed by atoms with E-state index >= 15 is 0 Å². The van der Waals surface area contributed by atoms with Crippen LogP contribution in [-0.2, 0) is 15.0 Å². The van der Waals surface area contributed by atoms with Gasteiger partial charge in [-0.05, 0) is 25.7 Å². The number of piperidine rings is 1. The maximum absolute atomic E-state index is 12.0. The SMILES string of the molecule is CN(C)S(=O)(=O)N1CCC[C@@H](C(=O)NC2CC2)C1. The summed E-state index contributed by atoms with van der Waals surface area (Å²) in [6, 6.07) is 0.332. The molecule has 18 heavy (non-hydrogen) atoms. The molecule has 1 amide bonds. The third kappa shape index (κ3) is 3.02. The van der Waals surface area contributed by atoms with Crippen molar-refractivity contribution >= 4 is 16.1 Å². The lowest BCUT2D eigenvalue weighted by Crippen LogP contribution is -2.49. The molecule has 1 heterocycles. The molecule has 1 N–H and O–H groups in total. The van der Waals surface area contributed by atoms with E-state index in [2.05, 4.69) is 5.32 Å². The fraction of sp³-hybridized carbons (Fsp3) is 0.909. The minimum Gasteiger partial charge on any atom is -0.353 e. The van der Waals surface area contributed by atoms with Gasteiger partial charge in [0.05, 0.1) is 5.92 Å². The van der Waals surface area contributed by atoms with Crippen LogP contribution in [0.3, 0.4) is 0 Å². The van der Waals surface area contributed by atoms with E-state index in [4.69, 9.17) is 0 Å². The molecular formula is C11H21N3O3S. The number of amides is 1. The molecule has 2 fully saturated rings. The number of hydrogen-bond donors (Lipinski definition) is 1. The predicted molar refractivity (Wildman–Crippen MR) is 68.1 cm³/mol. The average molecular weight is 275 g/mol. The molecule has 0 aromatic heterocycles. The van der Waals surface area contributed by atoms with Crippen molar-refractivity contribution < 1.29 is 13.2 Å². The van der Waals surface area contributed by atoms with Gasteiger partial charge in [0.2, 0.25) is 5.91 Å². The summed E-state index contributed by atoms with van der Waals surface area (Å²) in [6.07, 6.45) is 3.63. The van der Waals surface area contributed by atoms with E-state index < -0.39 is 10.2 Å². The molecule has 6 nitrogen and oxygen atoms in total. The molecule has 1 aliphatic heterocycles. The molecule has 0 aromatic rings. The van der Waals surface area contributed by atoms with Crippen LogP contribution in [0.1, 0.15) is 25.7 Å². The van der Waals surface area contributed by atoms with Crippen LogP contribution >= 0.6 is 0 Å². The van der Waals surface area contributed by atoms with Crippen LogP contribution in [0.5, 0.6) is 0 Å². The van der Waals surface area contributed by atoms with Gasteiger partial charge >= 0.3 is 0 Å². The van der Waals surface area contributed by atoms with Crippen molar-refractivity contribution in [1.82, 2.24) is 13.9 Å². The molecule has 0 bridgehead atoms. The Morgan fingerprint density at radius 1 is 1.28 bits per heavy atom. The Bertz CT molecular complexity index is 417. The molecule has 0 spiro atoms. The first-order valence-electron chi connectivity index (χ1n) is 6.39. The molecule has 1 aliphatic carbocycles.